The van der Waals surface area contributed by atoms with Crippen LogP contribution in [0.3, 0.4) is 0 Å². The van der Waals surface area contributed by atoms with Crippen molar-refractivity contribution in [3.8, 4) is 5.75 Å². The normalized spacial score (nSPS) is 23.7. The molecule has 23 heavy (non-hydrogen) atoms. The second kappa shape index (κ2) is 6.01. The number of fused-ring (bicyclic) bond motifs is 1. The fourth-order valence-corrected chi connectivity index (χ4v) is 4.21. The van der Waals surface area contributed by atoms with Crippen LogP contribution in [0.25, 0.3) is 0 Å². The van der Waals surface area contributed by atoms with Crippen LogP contribution in [0.1, 0.15) is 6.42 Å². The van der Waals surface area contributed by atoms with Gasteiger partial charge < -0.3 is 10.1 Å². The Morgan fingerprint density at radius 1 is 1.13 bits per heavy atom. The lowest BCUT2D eigenvalue weighted by Crippen LogP contribution is -2.48. The molecule has 0 radical (unpaired) electrons. The summed E-state index contributed by atoms with van der Waals surface area (Å²) in [5.41, 5.74) is 0.922. The van der Waals surface area contributed by atoms with Gasteiger partial charge in [0.25, 0.3) is 0 Å². The van der Waals surface area contributed by atoms with E-state index in [1.54, 1.807) is 55.6 Å². The first-order valence-corrected chi connectivity index (χ1v) is 8.75. The molecular formula is C16H19FN2O3S. The SMILES string of the molecule is CNCCC1(F)Oc2ccccc2N(c2ccccc2)S1(O)O. The summed E-state index contributed by atoms with van der Waals surface area (Å²) in [4.78, 5) is 0. The molecule has 3 N–H and O–H groups in total. The van der Waals surface area contributed by atoms with E-state index in [2.05, 4.69) is 5.32 Å². The zero-order chi connectivity index (χ0) is 16.5. The van der Waals surface area contributed by atoms with Crippen LogP contribution in [-0.4, -0.2) is 27.9 Å². The highest BCUT2D eigenvalue weighted by Crippen LogP contribution is 2.67. The molecule has 7 heteroatoms. The molecule has 124 valence electrons. The minimum absolute atomic E-state index is 0.191. The molecule has 0 saturated carbocycles. The number of benzene rings is 2. The number of nitrogens with zero attached hydrogens (tertiary/aromatic N) is 1. The number of hydrogen-bond donors (Lipinski definition) is 3. The molecule has 0 aromatic heterocycles. The Morgan fingerprint density at radius 2 is 1.78 bits per heavy atom. The number of ether oxygens (including phenoxy) is 1. The van der Waals surface area contributed by atoms with Crippen molar-refractivity contribution in [2.75, 3.05) is 17.9 Å². The van der Waals surface area contributed by atoms with Gasteiger partial charge in [0.2, 0.25) is 0 Å². The van der Waals surface area contributed by atoms with Crippen molar-refractivity contribution in [2.24, 2.45) is 0 Å². The average Bonchev–Trinajstić information content (AvgIpc) is 2.55. The standard InChI is InChI=1S/C16H19FN2O3S/c1-18-12-11-16(17)22-15-10-6-5-9-14(15)19(23(16,20)21)13-7-3-2-4-8-13/h2-10,18,20-21H,11-12H2,1H3. The Morgan fingerprint density at radius 3 is 2.48 bits per heavy atom. The van der Waals surface area contributed by atoms with Crippen LogP contribution in [0.15, 0.2) is 54.6 Å². The van der Waals surface area contributed by atoms with Gasteiger partial charge in [-0.2, -0.15) is 4.39 Å². The van der Waals surface area contributed by atoms with Gasteiger partial charge in [0.1, 0.15) is 5.69 Å². The third-order valence-electron chi connectivity index (χ3n) is 3.67. The summed E-state index contributed by atoms with van der Waals surface area (Å²) in [6.07, 6.45) is -0.191. The molecule has 0 fully saturated rings. The molecule has 1 atom stereocenters. The van der Waals surface area contributed by atoms with E-state index < -0.39 is 16.0 Å². The molecule has 1 aliphatic heterocycles. The summed E-state index contributed by atoms with van der Waals surface area (Å²) < 4.78 is 43.4. The first-order chi connectivity index (χ1) is 11.0. The predicted molar refractivity (Wildman–Crippen MR) is 90.9 cm³/mol. The molecule has 0 saturated heterocycles. The fourth-order valence-electron chi connectivity index (χ4n) is 2.52. The van der Waals surface area contributed by atoms with Gasteiger partial charge in [-0.1, -0.05) is 30.3 Å². The van der Waals surface area contributed by atoms with Gasteiger partial charge in [-0.25, -0.2) is 4.31 Å². The number of hydrogen-bond acceptors (Lipinski definition) is 5. The first-order valence-electron chi connectivity index (χ1n) is 7.24. The maximum Gasteiger partial charge on any atom is 0.362 e. The van der Waals surface area contributed by atoms with Crippen LogP contribution in [0.4, 0.5) is 15.8 Å². The molecule has 2 aromatic carbocycles. The third kappa shape index (κ3) is 2.66. The Hall–Kier alpha value is -1.80. The van der Waals surface area contributed by atoms with Crippen molar-refractivity contribution in [3.63, 3.8) is 0 Å². The van der Waals surface area contributed by atoms with Crippen molar-refractivity contribution < 1.29 is 18.2 Å². The van der Waals surface area contributed by atoms with E-state index in [0.717, 1.165) is 0 Å². The summed E-state index contributed by atoms with van der Waals surface area (Å²) >= 11 is 0. The highest BCUT2D eigenvalue weighted by Gasteiger charge is 2.54. The number of para-hydroxylation sites is 3. The third-order valence-corrected chi connectivity index (χ3v) is 5.70. The van der Waals surface area contributed by atoms with Gasteiger partial charge in [0.15, 0.2) is 5.75 Å². The molecule has 0 aliphatic carbocycles. The van der Waals surface area contributed by atoms with Crippen LogP contribution in [-0.2, 0) is 0 Å². The molecule has 0 bridgehead atoms. The van der Waals surface area contributed by atoms with Crippen LogP contribution in [0.2, 0.25) is 0 Å². The van der Waals surface area contributed by atoms with Gasteiger partial charge >= 0.3 is 5.19 Å². The van der Waals surface area contributed by atoms with Crippen molar-refractivity contribution >= 4 is 22.2 Å². The van der Waals surface area contributed by atoms with Crippen LogP contribution in [0, 0.1) is 0 Å². The van der Waals surface area contributed by atoms with Gasteiger partial charge in [-0.3, -0.25) is 9.11 Å². The highest BCUT2D eigenvalue weighted by molar-refractivity contribution is 8.26. The minimum Gasteiger partial charge on any atom is -0.438 e. The molecule has 3 rings (SSSR count). The molecule has 1 heterocycles. The Kier molecular flexibility index (Phi) is 4.20. The molecule has 5 nitrogen and oxygen atoms in total. The number of rotatable bonds is 4. The van der Waals surface area contributed by atoms with Crippen molar-refractivity contribution in [1.82, 2.24) is 5.32 Å². The first kappa shape index (κ1) is 16.1. The van der Waals surface area contributed by atoms with E-state index in [1.165, 1.54) is 4.31 Å². The van der Waals surface area contributed by atoms with E-state index in [-0.39, 0.29) is 18.7 Å². The summed E-state index contributed by atoms with van der Waals surface area (Å²) in [5.74, 6) is 0.279. The van der Waals surface area contributed by atoms with E-state index in [9.17, 15) is 9.11 Å². The zero-order valence-corrected chi connectivity index (χ0v) is 13.5. The molecular weight excluding hydrogens is 319 g/mol. The van der Waals surface area contributed by atoms with Gasteiger partial charge in [0, 0.05) is 6.54 Å². The smallest absolute Gasteiger partial charge is 0.362 e. The minimum atomic E-state index is -3.90. The van der Waals surface area contributed by atoms with Gasteiger partial charge in [-0.15, -0.1) is 0 Å². The lowest BCUT2D eigenvalue weighted by Gasteiger charge is -2.54. The molecule has 1 unspecified atom stereocenters. The van der Waals surface area contributed by atoms with Crippen molar-refractivity contribution in [1.29, 1.82) is 0 Å². The fraction of sp³-hybridized carbons (Fsp3) is 0.250. The van der Waals surface area contributed by atoms with Crippen molar-refractivity contribution in [2.45, 2.75) is 11.6 Å². The number of nitrogens with one attached hydrogen (secondary N) is 1. The monoisotopic (exact) mass is 338 g/mol. The maximum atomic E-state index is 15.4. The molecule has 1 aliphatic rings. The summed E-state index contributed by atoms with van der Waals surface area (Å²) in [5, 5.41) is 0.212. The quantitative estimate of drug-likeness (QED) is 0.783. The van der Waals surface area contributed by atoms with E-state index in [1.807, 2.05) is 6.07 Å². The molecule has 2 aromatic rings. The topological polar surface area (TPSA) is 65.0 Å². The Balaban J connectivity index is 2.15. The maximum absolute atomic E-state index is 15.4. The largest absolute Gasteiger partial charge is 0.438 e. The number of anilines is 2. The Bertz CT molecular complexity index is 686. The number of halogens is 1. The molecule has 0 amide bonds. The van der Waals surface area contributed by atoms with Gasteiger partial charge in [-0.05, 0) is 42.1 Å². The highest BCUT2D eigenvalue weighted by atomic mass is 32.3. The van der Waals surface area contributed by atoms with E-state index >= 15 is 4.39 Å². The van der Waals surface area contributed by atoms with Crippen molar-refractivity contribution in [3.05, 3.63) is 54.6 Å². The number of alkyl halides is 1. The zero-order valence-electron chi connectivity index (χ0n) is 12.6. The molecule has 0 spiro atoms. The average molecular weight is 338 g/mol. The summed E-state index contributed by atoms with van der Waals surface area (Å²) in [7, 11) is -2.23. The predicted octanol–water partition coefficient (Wildman–Crippen LogP) is 4.12. The van der Waals surface area contributed by atoms with Crippen LogP contribution >= 0.6 is 10.8 Å². The van der Waals surface area contributed by atoms with E-state index in [0.29, 0.717) is 11.4 Å². The summed E-state index contributed by atoms with van der Waals surface area (Å²) in [6.45, 7) is 0.247. The van der Waals surface area contributed by atoms with Gasteiger partial charge in [0.05, 0.1) is 12.1 Å². The van der Waals surface area contributed by atoms with E-state index in [4.69, 9.17) is 4.74 Å². The Labute approximate surface area is 136 Å². The second-order valence-electron chi connectivity index (χ2n) is 5.23. The lowest BCUT2D eigenvalue weighted by atomic mass is 10.2. The van der Waals surface area contributed by atoms with Crippen LogP contribution in [0.5, 0.6) is 5.75 Å². The second-order valence-corrected chi connectivity index (χ2v) is 7.24. The lowest BCUT2D eigenvalue weighted by molar-refractivity contribution is -0.000516. The van der Waals surface area contributed by atoms with Crippen LogP contribution < -0.4 is 14.4 Å². The summed E-state index contributed by atoms with van der Waals surface area (Å²) in [6, 6.07) is 15.5.